The zero-order chi connectivity index (χ0) is 17.6. The number of hydrogen-bond donors (Lipinski definition) is 2. The van der Waals surface area contributed by atoms with Crippen molar-refractivity contribution >= 4 is 10.9 Å². The second-order valence-corrected chi connectivity index (χ2v) is 7.30. The predicted octanol–water partition coefficient (Wildman–Crippen LogP) is 3.24. The van der Waals surface area contributed by atoms with Crippen molar-refractivity contribution in [3.8, 4) is 0 Å². The van der Waals surface area contributed by atoms with Gasteiger partial charge in [-0.05, 0) is 18.1 Å². The van der Waals surface area contributed by atoms with E-state index in [4.69, 9.17) is 0 Å². The summed E-state index contributed by atoms with van der Waals surface area (Å²) >= 11 is 0. The summed E-state index contributed by atoms with van der Waals surface area (Å²) in [6.07, 6.45) is 2.93. The monoisotopic (exact) mass is 336 g/mol. The van der Waals surface area contributed by atoms with Crippen molar-refractivity contribution in [1.29, 1.82) is 0 Å². The maximum atomic E-state index is 12.5. The van der Waals surface area contributed by atoms with E-state index < -0.39 is 0 Å². The fourth-order valence-corrected chi connectivity index (χ4v) is 3.64. The molecule has 0 saturated carbocycles. The molecular formula is C20H24N4O. The number of nitrogens with zero attached hydrogens (tertiary/aromatic N) is 2. The van der Waals surface area contributed by atoms with Gasteiger partial charge in [0.1, 0.15) is 5.82 Å². The first kappa shape index (κ1) is 16.1. The smallest absolute Gasteiger partial charge is 0.255 e. The highest BCUT2D eigenvalue weighted by atomic mass is 16.1. The van der Waals surface area contributed by atoms with Crippen LogP contribution in [0.4, 0.5) is 0 Å². The fraction of sp³-hybridized carbons (Fsp3) is 0.400. The van der Waals surface area contributed by atoms with Crippen LogP contribution in [0, 0.1) is 6.92 Å². The molecule has 0 bridgehead atoms. The third-order valence-corrected chi connectivity index (χ3v) is 5.12. The van der Waals surface area contributed by atoms with E-state index in [0.29, 0.717) is 6.54 Å². The number of fused-ring (bicyclic) bond motifs is 2. The minimum atomic E-state index is 0.0215. The van der Waals surface area contributed by atoms with Gasteiger partial charge in [-0.3, -0.25) is 9.69 Å². The minimum absolute atomic E-state index is 0.0215. The number of rotatable bonds is 3. The molecule has 4 rings (SSSR count). The molecule has 1 aliphatic rings. The van der Waals surface area contributed by atoms with Crippen LogP contribution in [0.5, 0.6) is 0 Å². The van der Waals surface area contributed by atoms with Crippen molar-refractivity contribution in [3.63, 3.8) is 0 Å². The largest absolute Gasteiger partial charge is 0.361 e. The zero-order valence-corrected chi connectivity index (χ0v) is 15.0. The molecule has 0 atom stereocenters. The highest BCUT2D eigenvalue weighted by Crippen LogP contribution is 2.24. The van der Waals surface area contributed by atoms with Gasteiger partial charge in [-0.1, -0.05) is 32.0 Å². The Morgan fingerprint density at radius 3 is 2.96 bits per heavy atom. The second kappa shape index (κ2) is 6.15. The summed E-state index contributed by atoms with van der Waals surface area (Å²) in [5.41, 5.74) is 5.56. The van der Waals surface area contributed by atoms with Gasteiger partial charge in [-0.15, -0.1) is 0 Å². The molecule has 3 heterocycles. The topological polar surface area (TPSA) is 64.8 Å². The van der Waals surface area contributed by atoms with E-state index in [1.165, 1.54) is 22.0 Å². The molecule has 25 heavy (non-hydrogen) atoms. The lowest BCUT2D eigenvalue weighted by molar-refractivity contribution is 0.242. The number of aromatic amines is 2. The van der Waals surface area contributed by atoms with Crippen LogP contribution in [0.15, 0.2) is 29.2 Å². The number of benzene rings is 1. The first-order valence-electron chi connectivity index (χ1n) is 8.93. The summed E-state index contributed by atoms with van der Waals surface area (Å²) in [5, 5.41) is 1.27. The Morgan fingerprint density at radius 1 is 1.32 bits per heavy atom. The van der Waals surface area contributed by atoms with Gasteiger partial charge in [0.2, 0.25) is 0 Å². The average molecular weight is 336 g/mol. The molecule has 2 N–H and O–H groups in total. The zero-order valence-electron chi connectivity index (χ0n) is 15.0. The molecule has 0 spiro atoms. The van der Waals surface area contributed by atoms with Crippen LogP contribution < -0.4 is 5.56 Å². The Bertz CT molecular complexity index is 983. The van der Waals surface area contributed by atoms with Crippen LogP contribution in [-0.2, 0) is 19.5 Å². The molecular weight excluding hydrogens is 312 g/mol. The van der Waals surface area contributed by atoms with Crippen molar-refractivity contribution in [3.05, 3.63) is 63.0 Å². The molecule has 0 saturated heterocycles. The summed E-state index contributed by atoms with van der Waals surface area (Å²) in [5.74, 6) is 1.04. The van der Waals surface area contributed by atoms with Gasteiger partial charge in [0.25, 0.3) is 5.56 Å². The maximum absolute atomic E-state index is 12.5. The third-order valence-electron chi connectivity index (χ3n) is 5.12. The average Bonchev–Trinajstić information content (AvgIpc) is 2.99. The Labute approximate surface area is 147 Å². The van der Waals surface area contributed by atoms with Gasteiger partial charge < -0.3 is 9.97 Å². The van der Waals surface area contributed by atoms with E-state index in [1.807, 2.05) is 0 Å². The quantitative estimate of drug-likeness (QED) is 0.772. The molecule has 0 radical (unpaired) electrons. The highest BCUT2D eigenvalue weighted by molar-refractivity contribution is 5.85. The predicted molar refractivity (Wildman–Crippen MR) is 99.8 cm³/mol. The van der Waals surface area contributed by atoms with Gasteiger partial charge in [-0.25, -0.2) is 4.98 Å². The van der Waals surface area contributed by atoms with E-state index in [0.717, 1.165) is 36.6 Å². The maximum Gasteiger partial charge on any atom is 0.255 e. The lowest BCUT2D eigenvalue weighted by Gasteiger charge is -2.27. The molecule has 1 aromatic carbocycles. The molecule has 2 aromatic heterocycles. The summed E-state index contributed by atoms with van der Waals surface area (Å²) in [4.78, 5) is 25.8. The number of aryl methyl sites for hydroxylation is 1. The second-order valence-electron chi connectivity index (χ2n) is 7.30. The molecule has 0 amide bonds. The molecule has 0 aliphatic carbocycles. The van der Waals surface area contributed by atoms with E-state index in [-0.39, 0.29) is 11.5 Å². The summed E-state index contributed by atoms with van der Waals surface area (Å²) in [6, 6.07) is 6.38. The third kappa shape index (κ3) is 2.89. The van der Waals surface area contributed by atoms with Gasteiger partial charge in [0.05, 0.1) is 11.3 Å². The normalized spacial score (nSPS) is 15.0. The van der Waals surface area contributed by atoms with Crippen LogP contribution in [0.3, 0.4) is 0 Å². The van der Waals surface area contributed by atoms with Gasteiger partial charge >= 0.3 is 0 Å². The van der Waals surface area contributed by atoms with Crippen molar-refractivity contribution in [2.75, 3.05) is 6.54 Å². The first-order valence-corrected chi connectivity index (χ1v) is 8.93. The SMILES string of the molecule is Cc1cccc2c(CN3CCc4nc(C(C)C)[nH]c(=O)c4C3)c[nH]c12. The van der Waals surface area contributed by atoms with Crippen molar-refractivity contribution in [1.82, 2.24) is 19.9 Å². The molecule has 5 nitrogen and oxygen atoms in total. The Kier molecular flexibility index (Phi) is 3.96. The Hall–Kier alpha value is -2.40. The lowest BCUT2D eigenvalue weighted by Crippen LogP contribution is -2.35. The first-order chi connectivity index (χ1) is 12.0. The lowest BCUT2D eigenvalue weighted by atomic mass is 10.0. The van der Waals surface area contributed by atoms with Crippen LogP contribution in [0.1, 0.15) is 48.0 Å². The number of hydrogen-bond acceptors (Lipinski definition) is 3. The molecule has 1 aliphatic heterocycles. The molecule has 130 valence electrons. The number of para-hydroxylation sites is 1. The van der Waals surface area contributed by atoms with Crippen LogP contribution in [-0.4, -0.2) is 26.4 Å². The summed E-state index contributed by atoms with van der Waals surface area (Å²) in [7, 11) is 0. The standard InChI is InChI=1S/C20H24N4O/c1-12(2)19-22-17-7-8-24(11-16(17)20(25)23-19)10-14-9-21-18-13(3)5-4-6-15(14)18/h4-6,9,12,21H,7-8,10-11H2,1-3H3,(H,22,23,25). The Morgan fingerprint density at radius 2 is 2.16 bits per heavy atom. The number of nitrogens with one attached hydrogen (secondary N) is 2. The highest BCUT2D eigenvalue weighted by Gasteiger charge is 2.22. The van der Waals surface area contributed by atoms with Crippen molar-refractivity contribution < 1.29 is 0 Å². The fourth-order valence-electron chi connectivity index (χ4n) is 3.64. The molecule has 0 unspecified atom stereocenters. The van der Waals surface area contributed by atoms with Gasteiger partial charge in [0.15, 0.2) is 0 Å². The van der Waals surface area contributed by atoms with E-state index in [2.05, 4.69) is 65.0 Å². The minimum Gasteiger partial charge on any atom is -0.361 e. The van der Waals surface area contributed by atoms with Crippen molar-refractivity contribution in [2.45, 2.75) is 46.2 Å². The van der Waals surface area contributed by atoms with Crippen molar-refractivity contribution in [2.24, 2.45) is 0 Å². The Balaban J connectivity index is 1.60. The number of aromatic nitrogens is 3. The van der Waals surface area contributed by atoms with E-state index in [9.17, 15) is 4.79 Å². The van der Waals surface area contributed by atoms with Gasteiger partial charge in [-0.2, -0.15) is 0 Å². The van der Waals surface area contributed by atoms with Crippen LogP contribution in [0.25, 0.3) is 10.9 Å². The summed E-state index contributed by atoms with van der Waals surface area (Å²) < 4.78 is 0. The molecule has 0 fully saturated rings. The van der Waals surface area contributed by atoms with Gasteiger partial charge in [0, 0.05) is 49.1 Å². The van der Waals surface area contributed by atoms with E-state index >= 15 is 0 Å². The van der Waals surface area contributed by atoms with Crippen LogP contribution >= 0.6 is 0 Å². The van der Waals surface area contributed by atoms with E-state index in [1.54, 1.807) is 0 Å². The van der Waals surface area contributed by atoms with Crippen LogP contribution in [0.2, 0.25) is 0 Å². The molecule has 5 heteroatoms. The number of H-pyrrole nitrogens is 2. The summed E-state index contributed by atoms with van der Waals surface area (Å²) in [6.45, 7) is 8.66. The molecule has 3 aromatic rings.